The van der Waals surface area contributed by atoms with Gasteiger partial charge in [0.2, 0.25) is 0 Å². The maximum Gasteiger partial charge on any atom is 0.0978 e. The molecule has 3 nitrogen and oxygen atoms in total. The number of para-hydroxylation sites is 2. The second-order valence-corrected chi connectivity index (χ2v) is 8.00. The van der Waals surface area contributed by atoms with Crippen LogP contribution in [-0.2, 0) is 0 Å². The van der Waals surface area contributed by atoms with Gasteiger partial charge in [-0.05, 0) is 61.2 Å². The molecule has 2 aromatic heterocycles. The summed E-state index contributed by atoms with van der Waals surface area (Å²) in [6.45, 7) is 6.44. The highest BCUT2D eigenvalue weighted by Crippen LogP contribution is 2.36. The molecule has 0 radical (unpaired) electrons. The van der Waals surface area contributed by atoms with E-state index in [1.165, 1.54) is 16.7 Å². The second-order valence-electron chi connectivity index (χ2n) is 8.00. The third-order valence-electron chi connectivity index (χ3n) is 5.64. The Bertz CT molecular complexity index is 1360. The summed E-state index contributed by atoms with van der Waals surface area (Å²) in [6.07, 6.45) is 3.68. The lowest BCUT2D eigenvalue weighted by molar-refractivity contribution is 1.25. The van der Waals surface area contributed by atoms with Gasteiger partial charge < -0.3 is 0 Å². The Kier molecular flexibility index (Phi) is 4.79. The molecular formula is C28H23N3. The Balaban J connectivity index is 1.72. The first-order valence-electron chi connectivity index (χ1n) is 10.5. The van der Waals surface area contributed by atoms with Crippen molar-refractivity contribution in [3.05, 3.63) is 102 Å². The molecule has 0 amide bonds. The van der Waals surface area contributed by atoms with Crippen molar-refractivity contribution in [1.82, 2.24) is 15.0 Å². The predicted octanol–water partition coefficient (Wildman–Crippen LogP) is 6.95. The summed E-state index contributed by atoms with van der Waals surface area (Å²) in [5.74, 6) is 0. The van der Waals surface area contributed by atoms with Gasteiger partial charge in [-0.3, -0.25) is 4.98 Å². The molecule has 5 rings (SSSR count). The standard InChI is InChI=1S/C28H23N3/c1-18-15-19(2)26(20(3)16-18)28-27(30-24-8-4-5-9-25(24)31-28)22-12-10-21(11-13-22)23-7-6-14-29-17-23/h4-17H,1-3H3. The van der Waals surface area contributed by atoms with E-state index in [1.807, 2.05) is 36.5 Å². The highest BCUT2D eigenvalue weighted by molar-refractivity contribution is 5.88. The number of fused-ring (bicyclic) bond motifs is 1. The van der Waals surface area contributed by atoms with Gasteiger partial charge in [0, 0.05) is 23.5 Å². The average molecular weight is 402 g/mol. The first-order valence-corrected chi connectivity index (χ1v) is 10.5. The van der Waals surface area contributed by atoms with Gasteiger partial charge >= 0.3 is 0 Å². The van der Waals surface area contributed by atoms with Crippen LogP contribution < -0.4 is 0 Å². The highest BCUT2D eigenvalue weighted by Gasteiger charge is 2.17. The van der Waals surface area contributed by atoms with Crippen LogP contribution in [0, 0.1) is 20.8 Å². The minimum Gasteiger partial charge on any atom is -0.264 e. The molecule has 2 heterocycles. The smallest absolute Gasteiger partial charge is 0.0978 e. The van der Waals surface area contributed by atoms with E-state index in [0.29, 0.717) is 0 Å². The topological polar surface area (TPSA) is 38.7 Å². The van der Waals surface area contributed by atoms with E-state index in [1.54, 1.807) is 6.20 Å². The zero-order valence-electron chi connectivity index (χ0n) is 17.9. The van der Waals surface area contributed by atoms with E-state index < -0.39 is 0 Å². The minimum atomic E-state index is 0.903. The first kappa shape index (κ1) is 19.1. The van der Waals surface area contributed by atoms with E-state index in [2.05, 4.69) is 68.2 Å². The molecule has 31 heavy (non-hydrogen) atoms. The number of benzene rings is 3. The van der Waals surface area contributed by atoms with Gasteiger partial charge in [0.25, 0.3) is 0 Å². The number of rotatable bonds is 3. The second kappa shape index (κ2) is 7.77. The van der Waals surface area contributed by atoms with Crippen LogP contribution in [-0.4, -0.2) is 15.0 Å². The average Bonchev–Trinajstić information content (AvgIpc) is 2.79. The fourth-order valence-corrected chi connectivity index (χ4v) is 4.28. The Morgan fingerprint density at radius 2 is 1.19 bits per heavy atom. The van der Waals surface area contributed by atoms with Gasteiger partial charge in [0.05, 0.1) is 22.4 Å². The first-order chi connectivity index (χ1) is 15.1. The molecule has 3 aromatic carbocycles. The Morgan fingerprint density at radius 1 is 0.581 bits per heavy atom. The van der Waals surface area contributed by atoms with Crippen molar-refractivity contribution in [2.24, 2.45) is 0 Å². The molecule has 0 aliphatic rings. The lowest BCUT2D eigenvalue weighted by atomic mass is 9.93. The quantitative estimate of drug-likeness (QED) is 0.328. The minimum absolute atomic E-state index is 0.903. The molecule has 0 atom stereocenters. The number of hydrogen-bond donors (Lipinski definition) is 0. The van der Waals surface area contributed by atoms with E-state index in [4.69, 9.17) is 9.97 Å². The Hall–Kier alpha value is -3.85. The molecule has 0 bridgehead atoms. The molecule has 150 valence electrons. The SMILES string of the molecule is Cc1cc(C)c(-c2nc3ccccc3nc2-c2ccc(-c3cccnc3)cc2)c(C)c1. The summed E-state index contributed by atoms with van der Waals surface area (Å²) >= 11 is 0. The molecule has 0 aliphatic carbocycles. The summed E-state index contributed by atoms with van der Waals surface area (Å²) in [4.78, 5) is 14.4. The number of aryl methyl sites for hydroxylation is 3. The van der Waals surface area contributed by atoms with Crippen LogP contribution >= 0.6 is 0 Å². The normalized spacial score (nSPS) is 11.1. The lowest BCUT2D eigenvalue weighted by Gasteiger charge is -2.16. The van der Waals surface area contributed by atoms with Gasteiger partial charge in [-0.25, -0.2) is 9.97 Å². The molecule has 5 aromatic rings. The molecular weight excluding hydrogens is 378 g/mol. The molecule has 0 saturated heterocycles. The number of hydrogen-bond acceptors (Lipinski definition) is 3. The number of pyridine rings is 1. The monoisotopic (exact) mass is 401 g/mol. The van der Waals surface area contributed by atoms with E-state index in [-0.39, 0.29) is 0 Å². The Labute approximate surface area is 182 Å². The largest absolute Gasteiger partial charge is 0.264 e. The van der Waals surface area contributed by atoms with Crippen molar-refractivity contribution in [2.45, 2.75) is 20.8 Å². The van der Waals surface area contributed by atoms with Crippen molar-refractivity contribution in [1.29, 1.82) is 0 Å². The molecule has 0 saturated carbocycles. The maximum absolute atomic E-state index is 5.08. The van der Waals surface area contributed by atoms with E-state index in [9.17, 15) is 0 Å². The molecule has 3 heteroatoms. The Morgan fingerprint density at radius 3 is 1.81 bits per heavy atom. The molecule has 0 N–H and O–H groups in total. The highest BCUT2D eigenvalue weighted by atomic mass is 14.8. The summed E-state index contributed by atoms with van der Waals surface area (Å²) in [5.41, 5.74) is 11.8. The third-order valence-corrected chi connectivity index (χ3v) is 5.64. The third kappa shape index (κ3) is 3.59. The van der Waals surface area contributed by atoms with Crippen molar-refractivity contribution >= 4 is 11.0 Å². The molecule has 0 spiro atoms. The van der Waals surface area contributed by atoms with Crippen LogP contribution in [0.3, 0.4) is 0 Å². The van der Waals surface area contributed by atoms with Gasteiger partial charge in [-0.15, -0.1) is 0 Å². The van der Waals surface area contributed by atoms with Gasteiger partial charge in [0.15, 0.2) is 0 Å². The summed E-state index contributed by atoms with van der Waals surface area (Å²) in [7, 11) is 0. The predicted molar refractivity (Wildman–Crippen MR) is 128 cm³/mol. The molecule has 0 fully saturated rings. The molecule has 0 aliphatic heterocycles. The van der Waals surface area contributed by atoms with E-state index >= 15 is 0 Å². The van der Waals surface area contributed by atoms with Gasteiger partial charge in [0.1, 0.15) is 0 Å². The van der Waals surface area contributed by atoms with Gasteiger partial charge in [-0.1, -0.05) is 60.2 Å². The lowest BCUT2D eigenvalue weighted by Crippen LogP contribution is -1.99. The number of aromatic nitrogens is 3. The van der Waals surface area contributed by atoms with Crippen molar-refractivity contribution in [3.8, 4) is 33.6 Å². The fourth-order valence-electron chi connectivity index (χ4n) is 4.28. The summed E-state index contributed by atoms with van der Waals surface area (Å²) < 4.78 is 0. The van der Waals surface area contributed by atoms with Crippen molar-refractivity contribution < 1.29 is 0 Å². The van der Waals surface area contributed by atoms with Crippen molar-refractivity contribution in [2.75, 3.05) is 0 Å². The van der Waals surface area contributed by atoms with E-state index in [0.717, 1.165) is 44.7 Å². The van der Waals surface area contributed by atoms with Crippen LogP contribution in [0.1, 0.15) is 16.7 Å². The molecule has 0 unspecified atom stereocenters. The zero-order valence-corrected chi connectivity index (χ0v) is 17.9. The summed E-state index contributed by atoms with van der Waals surface area (Å²) in [5, 5.41) is 0. The zero-order chi connectivity index (χ0) is 21.4. The van der Waals surface area contributed by atoms with Crippen LogP contribution in [0.4, 0.5) is 0 Å². The van der Waals surface area contributed by atoms with Gasteiger partial charge in [-0.2, -0.15) is 0 Å². The fraction of sp³-hybridized carbons (Fsp3) is 0.107. The van der Waals surface area contributed by atoms with Crippen LogP contribution in [0.2, 0.25) is 0 Å². The van der Waals surface area contributed by atoms with Crippen LogP contribution in [0.5, 0.6) is 0 Å². The summed E-state index contributed by atoms with van der Waals surface area (Å²) in [6, 6.07) is 25.0. The van der Waals surface area contributed by atoms with Crippen molar-refractivity contribution in [3.63, 3.8) is 0 Å². The number of nitrogens with zero attached hydrogens (tertiary/aromatic N) is 3. The maximum atomic E-state index is 5.08. The van der Waals surface area contributed by atoms with Crippen LogP contribution in [0.15, 0.2) is 85.2 Å². The van der Waals surface area contributed by atoms with Crippen LogP contribution in [0.25, 0.3) is 44.7 Å².